The number of nitrogens with zero attached hydrogens (tertiary/aromatic N) is 3. The lowest BCUT2D eigenvalue weighted by Gasteiger charge is -2.25. The van der Waals surface area contributed by atoms with E-state index in [-0.39, 0.29) is 5.91 Å². The first-order chi connectivity index (χ1) is 9.29. The predicted molar refractivity (Wildman–Crippen MR) is 77.4 cm³/mol. The van der Waals surface area contributed by atoms with Gasteiger partial charge < -0.3 is 15.6 Å². The lowest BCUT2D eigenvalue weighted by atomic mass is 10.4. The minimum atomic E-state index is -0.109. The number of hydrogen-bond donors (Lipinski definition) is 2. The summed E-state index contributed by atoms with van der Waals surface area (Å²) < 4.78 is 1.83. The Balaban J connectivity index is 1.70. The van der Waals surface area contributed by atoms with Gasteiger partial charge in [-0.2, -0.15) is 11.8 Å². The van der Waals surface area contributed by atoms with Crippen molar-refractivity contribution in [1.29, 1.82) is 0 Å². The summed E-state index contributed by atoms with van der Waals surface area (Å²) in [4.78, 5) is 18.3. The first-order valence-electron chi connectivity index (χ1n) is 6.60. The molecule has 19 heavy (non-hydrogen) atoms. The number of carbonyl (C=O) groups is 1. The quantitative estimate of drug-likeness (QED) is 0.744. The van der Waals surface area contributed by atoms with Crippen molar-refractivity contribution >= 4 is 17.7 Å². The number of rotatable bonds is 6. The summed E-state index contributed by atoms with van der Waals surface area (Å²) in [5.41, 5.74) is 5.91. The van der Waals surface area contributed by atoms with Crippen molar-refractivity contribution in [2.45, 2.75) is 6.54 Å². The molecule has 3 N–H and O–H groups in total. The second-order valence-electron chi connectivity index (χ2n) is 4.50. The van der Waals surface area contributed by atoms with Crippen LogP contribution in [0.3, 0.4) is 0 Å². The van der Waals surface area contributed by atoms with Crippen molar-refractivity contribution in [2.75, 3.05) is 44.2 Å². The van der Waals surface area contributed by atoms with Crippen molar-refractivity contribution < 1.29 is 4.79 Å². The van der Waals surface area contributed by atoms with Gasteiger partial charge in [0.25, 0.3) is 5.91 Å². The van der Waals surface area contributed by atoms with E-state index in [0.29, 0.717) is 25.3 Å². The number of aromatic nitrogens is 2. The minimum Gasteiger partial charge on any atom is -0.349 e. The second-order valence-corrected chi connectivity index (χ2v) is 5.72. The van der Waals surface area contributed by atoms with Crippen LogP contribution in [0.1, 0.15) is 10.5 Å². The minimum absolute atomic E-state index is 0.109. The standard InChI is InChI=1S/C12H21N5OS/c13-1-3-17-9-11(15-10-17)12(18)14-2-4-16-5-7-19-8-6-16/h9-10H,1-8,13H2,(H,14,18). The Morgan fingerprint density at radius 2 is 2.21 bits per heavy atom. The zero-order valence-corrected chi connectivity index (χ0v) is 11.9. The van der Waals surface area contributed by atoms with Crippen LogP contribution in [0.4, 0.5) is 0 Å². The van der Waals surface area contributed by atoms with Crippen molar-refractivity contribution in [2.24, 2.45) is 5.73 Å². The van der Waals surface area contributed by atoms with E-state index in [1.807, 2.05) is 16.3 Å². The maximum Gasteiger partial charge on any atom is 0.271 e. The number of hydrogen-bond acceptors (Lipinski definition) is 5. The summed E-state index contributed by atoms with van der Waals surface area (Å²) in [5.74, 6) is 2.27. The number of amides is 1. The fourth-order valence-electron chi connectivity index (χ4n) is 1.99. The first-order valence-corrected chi connectivity index (χ1v) is 7.75. The molecule has 0 aromatic carbocycles. The molecular formula is C12H21N5OS. The molecule has 1 saturated heterocycles. The van der Waals surface area contributed by atoms with Gasteiger partial charge in [0.2, 0.25) is 0 Å². The molecule has 0 aliphatic carbocycles. The Morgan fingerprint density at radius 3 is 2.95 bits per heavy atom. The molecule has 2 heterocycles. The highest BCUT2D eigenvalue weighted by Gasteiger charge is 2.12. The number of carbonyl (C=O) groups excluding carboxylic acids is 1. The monoisotopic (exact) mass is 283 g/mol. The van der Waals surface area contributed by atoms with Crippen LogP contribution in [0.25, 0.3) is 0 Å². The van der Waals surface area contributed by atoms with Gasteiger partial charge in [0.1, 0.15) is 5.69 Å². The lowest BCUT2D eigenvalue weighted by molar-refractivity contribution is 0.0944. The van der Waals surface area contributed by atoms with Gasteiger partial charge in [0, 0.05) is 57.0 Å². The maximum atomic E-state index is 11.9. The molecule has 2 rings (SSSR count). The molecule has 0 spiro atoms. The summed E-state index contributed by atoms with van der Waals surface area (Å²) in [6.45, 7) is 5.05. The van der Waals surface area contributed by atoms with Gasteiger partial charge in [-0.1, -0.05) is 0 Å². The molecule has 106 valence electrons. The molecular weight excluding hydrogens is 262 g/mol. The third kappa shape index (κ3) is 4.52. The Hall–Kier alpha value is -1.05. The molecule has 0 bridgehead atoms. The Labute approximate surface area is 117 Å². The van der Waals surface area contributed by atoms with Crippen LogP contribution >= 0.6 is 11.8 Å². The van der Waals surface area contributed by atoms with E-state index in [1.165, 1.54) is 11.5 Å². The largest absolute Gasteiger partial charge is 0.349 e. The van der Waals surface area contributed by atoms with Gasteiger partial charge in [0.05, 0.1) is 6.33 Å². The topological polar surface area (TPSA) is 76.2 Å². The second kappa shape index (κ2) is 7.52. The highest BCUT2D eigenvalue weighted by atomic mass is 32.2. The Morgan fingerprint density at radius 1 is 1.42 bits per heavy atom. The molecule has 1 aromatic rings. The third-order valence-corrected chi connectivity index (χ3v) is 4.01. The molecule has 1 aliphatic rings. The molecule has 0 saturated carbocycles. The maximum absolute atomic E-state index is 11.9. The van der Waals surface area contributed by atoms with E-state index in [4.69, 9.17) is 5.73 Å². The molecule has 1 amide bonds. The zero-order valence-electron chi connectivity index (χ0n) is 11.0. The van der Waals surface area contributed by atoms with Crippen molar-refractivity contribution in [3.8, 4) is 0 Å². The summed E-state index contributed by atoms with van der Waals surface area (Å²) in [6, 6.07) is 0. The smallest absolute Gasteiger partial charge is 0.271 e. The molecule has 7 heteroatoms. The fraction of sp³-hybridized carbons (Fsp3) is 0.667. The fourth-order valence-corrected chi connectivity index (χ4v) is 2.97. The van der Waals surface area contributed by atoms with E-state index < -0.39 is 0 Å². The average molecular weight is 283 g/mol. The van der Waals surface area contributed by atoms with Gasteiger partial charge in [-0.3, -0.25) is 9.69 Å². The van der Waals surface area contributed by atoms with Gasteiger partial charge in [-0.15, -0.1) is 0 Å². The zero-order chi connectivity index (χ0) is 13.5. The van der Waals surface area contributed by atoms with Crippen molar-refractivity contribution in [3.63, 3.8) is 0 Å². The van der Waals surface area contributed by atoms with Gasteiger partial charge in [0.15, 0.2) is 0 Å². The van der Waals surface area contributed by atoms with Crippen LogP contribution < -0.4 is 11.1 Å². The molecule has 0 radical (unpaired) electrons. The Bertz CT molecular complexity index is 403. The highest BCUT2D eigenvalue weighted by Crippen LogP contribution is 2.07. The van der Waals surface area contributed by atoms with E-state index >= 15 is 0 Å². The van der Waals surface area contributed by atoms with Crippen molar-refractivity contribution in [3.05, 3.63) is 18.2 Å². The summed E-state index contributed by atoms with van der Waals surface area (Å²) in [6.07, 6.45) is 3.38. The molecule has 1 aliphatic heterocycles. The van der Waals surface area contributed by atoms with Crippen LogP contribution in [0, 0.1) is 0 Å². The summed E-state index contributed by atoms with van der Waals surface area (Å²) in [7, 11) is 0. The van der Waals surface area contributed by atoms with Gasteiger partial charge >= 0.3 is 0 Å². The van der Waals surface area contributed by atoms with Crippen LogP contribution in [-0.2, 0) is 6.54 Å². The number of thioether (sulfide) groups is 1. The lowest BCUT2D eigenvalue weighted by Crippen LogP contribution is -2.39. The van der Waals surface area contributed by atoms with Crippen LogP contribution in [-0.4, -0.2) is 64.6 Å². The summed E-state index contributed by atoms with van der Waals surface area (Å²) >= 11 is 1.99. The van der Waals surface area contributed by atoms with E-state index in [9.17, 15) is 4.79 Å². The number of nitrogens with two attached hydrogens (primary N) is 1. The molecule has 0 unspecified atom stereocenters. The molecule has 1 fully saturated rings. The number of imidazole rings is 1. The van der Waals surface area contributed by atoms with E-state index in [0.717, 1.165) is 19.6 Å². The molecule has 6 nitrogen and oxygen atoms in total. The van der Waals surface area contributed by atoms with Crippen LogP contribution in [0.2, 0.25) is 0 Å². The van der Waals surface area contributed by atoms with E-state index in [1.54, 1.807) is 12.5 Å². The average Bonchev–Trinajstić information content (AvgIpc) is 2.89. The molecule has 0 atom stereocenters. The van der Waals surface area contributed by atoms with Crippen molar-refractivity contribution in [1.82, 2.24) is 19.8 Å². The number of nitrogens with one attached hydrogen (secondary N) is 1. The first kappa shape index (κ1) is 14.4. The Kier molecular flexibility index (Phi) is 5.68. The van der Waals surface area contributed by atoms with Gasteiger partial charge in [-0.25, -0.2) is 4.98 Å². The van der Waals surface area contributed by atoms with E-state index in [2.05, 4.69) is 15.2 Å². The van der Waals surface area contributed by atoms with Gasteiger partial charge in [-0.05, 0) is 0 Å². The highest BCUT2D eigenvalue weighted by molar-refractivity contribution is 7.99. The summed E-state index contributed by atoms with van der Waals surface area (Å²) in [5, 5.41) is 2.91. The SMILES string of the molecule is NCCn1cnc(C(=O)NCCN2CCSCC2)c1. The van der Waals surface area contributed by atoms with Crippen LogP contribution in [0.5, 0.6) is 0 Å². The molecule has 1 aromatic heterocycles. The van der Waals surface area contributed by atoms with Crippen LogP contribution in [0.15, 0.2) is 12.5 Å². The normalized spacial score (nSPS) is 16.5. The third-order valence-electron chi connectivity index (χ3n) is 3.07. The predicted octanol–water partition coefficient (Wildman–Crippen LogP) is -0.380.